The first-order valence-electron chi connectivity index (χ1n) is 5.35. The number of hydrogen-bond donors (Lipinski definition) is 2. The normalized spacial score (nSPS) is 11.0. The van der Waals surface area contributed by atoms with Crippen LogP contribution in [-0.4, -0.2) is 20.2 Å². The number of halogens is 1. The Morgan fingerprint density at radius 1 is 1.28 bits per heavy atom. The maximum Gasteiger partial charge on any atom is 0.264 e. The standard InChI is InChI=1S/C12H9BrN4O/c1-6-4-7(13)5-9-11(6)15-12(14-9)8-2-3-10(18)17-16-8/h2-5H,1H3,(H,14,15)(H,17,18). The lowest BCUT2D eigenvalue weighted by atomic mass is 10.2. The topological polar surface area (TPSA) is 74.4 Å². The zero-order valence-electron chi connectivity index (χ0n) is 9.49. The van der Waals surface area contributed by atoms with Crippen LogP contribution in [0, 0.1) is 6.92 Å². The van der Waals surface area contributed by atoms with Gasteiger partial charge in [-0.2, -0.15) is 5.10 Å². The summed E-state index contributed by atoms with van der Waals surface area (Å²) in [4.78, 5) is 18.6. The van der Waals surface area contributed by atoms with Gasteiger partial charge in [0.2, 0.25) is 0 Å². The monoisotopic (exact) mass is 304 g/mol. The summed E-state index contributed by atoms with van der Waals surface area (Å²) in [7, 11) is 0. The fourth-order valence-corrected chi connectivity index (χ4v) is 2.42. The summed E-state index contributed by atoms with van der Waals surface area (Å²) in [6.07, 6.45) is 0. The number of aromatic nitrogens is 4. The zero-order valence-corrected chi connectivity index (χ0v) is 11.1. The lowest BCUT2D eigenvalue weighted by Crippen LogP contribution is -2.05. The van der Waals surface area contributed by atoms with Crippen molar-refractivity contribution in [2.24, 2.45) is 0 Å². The molecule has 18 heavy (non-hydrogen) atoms. The third kappa shape index (κ3) is 1.84. The molecule has 2 N–H and O–H groups in total. The summed E-state index contributed by atoms with van der Waals surface area (Å²) in [6.45, 7) is 2.00. The second-order valence-corrected chi connectivity index (χ2v) is 4.93. The molecule has 0 amide bonds. The molecule has 0 saturated carbocycles. The molecule has 5 nitrogen and oxygen atoms in total. The van der Waals surface area contributed by atoms with Gasteiger partial charge in [0.05, 0.1) is 11.0 Å². The fourth-order valence-electron chi connectivity index (χ4n) is 1.84. The van der Waals surface area contributed by atoms with E-state index in [4.69, 9.17) is 0 Å². The molecule has 3 rings (SSSR count). The Bertz CT molecular complexity index is 770. The van der Waals surface area contributed by atoms with E-state index in [1.807, 2.05) is 19.1 Å². The predicted octanol–water partition coefficient (Wildman–Crippen LogP) is 2.38. The highest BCUT2D eigenvalue weighted by Crippen LogP contribution is 2.24. The first-order valence-corrected chi connectivity index (χ1v) is 6.15. The zero-order chi connectivity index (χ0) is 12.7. The van der Waals surface area contributed by atoms with E-state index in [0.717, 1.165) is 21.1 Å². The molecule has 2 aromatic heterocycles. The van der Waals surface area contributed by atoms with Gasteiger partial charge in [0, 0.05) is 10.5 Å². The summed E-state index contributed by atoms with van der Waals surface area (Å²) in [5.74, 6) is 0.641. The van der Waals surface area contributed by atoms with Crippen LogP contribution < -0.4 is 5.56 Å². The van der Waals surface area contributed by atoms with Gasteiger partial charge >= 0.3 is 0 Å². The first kappa shape index (κ1) is 11.2. The smallest absolute Gasteiger partial charge is 0.264 e. The van der Waals surface area contributed by atoms with Gasteiger partial charge in [-0.3, -0.25) is 4.79 Å². The second-order valence-electron chi connectivity index (χ2n) is 4.01. The van der Waals surface area contributed by atoms with Crippen LogP contribution >= 0.6 is 15.9 Å². The molecule has 2 heterocycles. The molecule has 0 bridgehead atoms. The van der Waals surface area contributed by atoms with Crippen LogP contribution in [0.2, 0.25) is 0 Å². The van der Waals surface area contributed by atoms with Crippen molar-refractivity contribution in [1.29, 1.82) is 0 Å². The van der Waals surface area contributed by atoms with Crippen LogP contribution in [0.3, 0.4) is 0 Å². The van der Waals surface area contributed by atoms with Crippen molar-refractivity contribution in [3.05, 3.63) is 44.7 Å². The minimum atomic E-state index is -0.228. The molecule has 0 saturated heterocycles. The van der Waals surface area contributed by atoms with Crippen LogP contribution in [0.15, 0.2) is 33.5 Å². The molecule has 0 aliphatic carbocycles. The SMILES string of the molecule is Cc1cc(Br)cc2[nH]c(-c3ccc(=O)[nH]n3)nc12. The number of nitrogens with one attached hydrogen (secondary N) is 2. The van der Waals surface area contributed by atoms with Gasteiger partial charge in [0.15, 0.2) is 5.82 Å². The first-order chi connectivity index (χ1) is 8.63. The third-order valence-electron chi connectivity index (χ3n) is 2.66. The molecule has 90 valence electrons. The van der Waals surface area contributed by atoms with Crippen molar-refractivity contribution >= 4 is 27.0 Å². The Hall–Kier alpha value is -1.95. The van der Waals surface area contributed by atoms with Crippen LogP contribution in [0.5, 0.6) is 0 Å². The number of aromatic amines is 2. The van der Waals surface area contributed by atoms with Gasteiger partial charge in [-0.25, -0.2) is 10.1 Å². The van der Waals surface area contributed by atoms with Gasteiger partial charge in [0.25, 0.3) is 5.56 Å². The van der Waals surface area contributed by atoms with Crippen molar-refractivity contribution in [1.82, 2.24) is 20.2 Å². The van der Waals surface area contributed by atoms with Gasteiger partial charge in [-0.15, -0.1) is 0 Å². The average Bonchev–Trinajstić information content (AvgIpc) is 2.74. The van der Waals surface area contributed by atoms with E-state index in [2.05, 4.69) is 36.1 Å². The highest BCUT2D eigenvalue weighted by Gasteiger charge is 2.09. The van der Waals surface area contributed by atoms with E-state index in [1.165, 1.54) is 6.07 Å². The van der Waals surface area contributed by atoms with E-state index in [9.17, 15) is 4.79 Å². The largest absolute Gasteiger partial charge is 0.337 e. The van der Waals surface area contributed by atoms with Gasteiger partial charge in [-0.1, -0.05) is 15.9 Å². The van der Waals surface area contributed by atoms with Crippen molar-refractivity contribution in [3.63, 3.8) is 0 Å². The van der Waals surface area contributed by atoms with Crippen molar-refractivity contribution < 1.29 is 0 Å². The van der Waals surface area contributed by atoms with E-state index in [1.54, 1.807) is 6.07 Å². The molecule has 6 heteroatoms. The molecule has 1 aromatic carbocycles. The number of hydrogen-bond acceptors (Lipinski definition) is 3. The lowest BCUT2D eigenvalue weighted by molar-refractivity contribution is 0.985. The molecule has 3 aromatic rings. The minimum Gasteiger partial charge on any atom is -0.337 e. The number of H-pyrrole nitrogens is 2. The summed E-state index contributed by atoms with van der Waals surface area (Å²) in [6, 6.07) is 7.04. The Balaban J connectivity index is 2.22. The van der Waals surface area contributed by atoms with Gasteiger partial charge < -0.3 is 4.98 Å². The molecular weight excluding hydrogens is 296 g/mol. The van der Waals surface area contributed by atoms with E-state index in [-0.39, 0.29) is 5.56 Å². The summed E-state index contributed by atoms with van der Waals surface area (Å²) in [5.41, 5.74) is 3.30. The van der Waals surface area contributed by atoms with E-state index >= 15 is 0 Å². The molecule has 0 spiro atoms. The molecule has 0 fully saturated rings. The number of nitrogens with zero attached hydrogens (tertiary/aromatic N) is 2. The van der Waals surface area contributed by atoms with Crippen LogP contribution in [0.4, 0.5) is 0 Å². The molecule has 0 radical (unpaired) electrons. The quantitative estimate of drug-likeness (QED) is 0.725. The Labute approximate surface area is 110 Å². The average molecular weight is 305 g/mol. The van der Waals surface area contributed by atoms with Crippen molar-refractivity contribution in [3.8, 4) is 11.5 Å². The number of imidazole rings is 1. The van der Waals surface area contributed by atoms with Crippen molar-refractivity contribution in [2.75, 3.05) is 0 Å². The van der Waals surface area contributed by atoms with Gasteiger partial charge in [-0.05, 0) is 30.7 Å². The van der Waals surface area contributed by atoms with Gasteiger partial charge in [0.1, 0.15) is 5.69 Å². The molecule has 0 atom stereocenters. The summed E-state index contributed by atoms with van der Waals surface area (Å²) in [5, 5.41) is 6.35. The van der Waals surface area contributed by atoms with Crippen LogP contribution in [0.1, 0.15) is 5.56 Å². The van der Waals surface area contributed by atoms with E-state index < -0.39 is 0 Å². The number of fused-ring (bicyclic) bond motifs is 1. The number of benzene rings is 1. The maximum absolute atomic E-state index is 11.0. The molecule has 0 aliphatic rings. The van der Waals surface area contributed by atoms with E-state index in [0.29, 0.717) is 11.5 Å². The molecule has 0 unspecified atom stereocenters. The Morgan fingerprint density at radius 2 is 2.11 bits per heavy atom. The molecular formula is C12H9BrN4O. The molecule has 0 aliphatic heterocycles. The minimum absolute atomic E-state index is 0.228. The van der Waals surface area contributed by atoms with Crippen LogP contribution in [0.25, 0.3) is 22.6 Å². The number of aryl methyl sites for hydroxylation is 1. The third-order valence-corrected chi connectivity index (χ3v) is 3.12. The Morgan fingerprint density at radius 3 is 2.83 bits per heavy atom. The fraction of sp³-hybridized carbons (Fsp3) is 0.0833. The summed E-state index contributed by atoms with van der Waals surface area (Å²) >= 11 is 3.45. The highest BCUT2D eigenvalue weighted by molar-refractivity contribution is 9.10. The Kier molecular flexibility index (Phi) is 2.52. The second kappa shape index (κ2) is 4.06. The summed E-state index contributed by atoms with van der Waals surface area (Å²) < 4.78 is 0.997. The van der Waals surface area contributed by atoms with Crippen molar-refractivity contribution in [2.45, 2.75) is 6.92 Å². The predicted molar refractivity (Wildman–Crippen MR) is 72.4 cm³/mol. The highest BCUT2D eigenvalue weighted by atomic mass is 79.9. The number of rotatable bonds is 1. The maximum atomic E-state index is 11.0. The van der Waals surface area contributed by atoms with Crippen LogP contribution in [-0.2, 0) is 0 Å². The lowest BCUT2D eigenvalue weighted by Gasteiger charge is -1.94.